The van der Waals surface area contributed by atoms with Crippen LogP contribution in [0, 0.1) is 5.92 Å². The quantitative estimate of drug-likeness (QED) is 0.595. The van der Waals surface area contributed by atoms with Crippen LogP contribution in [-0.4, -0.2) is 44.1 Å². The summed E-state index contributed by atoms with van der Waals surface area (Å²) < 4.78 is 18.7. The molecule has 1 saturated heterocycles. The first kappa shape index (κ1) is 25.1. The lowest BCUT2D eigenvalue weighted by atomic mass is 9.89. The van der Waals surface area contributed by atoms with Crippen molar-refractivity contribution in [1.29, 1.82) is 0 Å². The molecular formula is C27H40O4Si. The molecule has 1 aliphatic heterocycles. The zero-order valence-electron chi connectivity index (χ0n) is 20.7. The fourth-order valence-electron chi connectivity index (χ4n) is 4.92. The fourth-order valence-corrected chi connectivity index (χ4v) is 9.61. The first-order valence-electron chi connectivity index (χ1n) is 11.7. The van der Waals surface area contributed by atoms with E-state index in [1.54, 1.807) is 0 Å². The number of benzene rings is 2. The van der Waals surface area contributed by atoms with Crippen LogP contribution in [0.25, 0.3) is 0 Å². The predicted octanol–water partition coefficient (Wildman–Crippen LogP) is 4.49. The third kappa shape index (κ3) is 5.34. The second-order valence-corrected chi connectivity index (χ2v) is 15.3. The van der Waals surface area contributed by atoms with Crippen LogP contribution in [0.1, 0.15) is 54.9 Å². The molecule has 1 unspecified atom stereocenters. The van der Waals surface area contributed by atoms with Gasteiger partial charge in [0.15, 0.2) is 5.79 Å². The summed E-state index contributed by atoms with van der Waals surface area (Å²) in [5.74, 6) is -0.498. The molecule has 0 amide bonds. The molecule has 3 rings (SSSR count). The molecule has 32 heavy (non-hydrogen) atoms. The van der Waals surface area contributed by atoms with Gasteiger partial charge in [0.1, 0.15) is 6.10 Å². The van der Waals surface area contributed by atoms with Crippen molar-refractivity contribution >= 4 is 18.7 Å². The van der Waals surface area contributed by atoms with Gasteiger partial charge in [-0.25, -0.2) is 0 Å². The van der Waals surface area contributed by atoms with Crippen LogP contribution in [0.5, 0.6) is 0 Å². The van der Waals surface area contributed by atoms with E-state index in [1.807, 2.05) is 20.8 Å². The standard InChI is InChI=1S/C27H40O4Si/c1-21(18-27(7,28)24-20-29-26(5,6)31-24)19-30-32(25(2,3)4,22-14-10-8-11-15-22)23-16-12-9-13-17-23/h8-17,21,24,28H,18-20H2,1-7H3/t21-,24?,27-/m1/s1. The van der Waals surface area contributed by atoms with Crippen molar-refractivity contribution in [3.8, 4) is 0 Å². The first-order valence-corrected chi connectivity index (χ1v) is 13.6. The summed E-state index contributed by atoms with van der Waals surface area (Å²) in [5.41, 5.74) is -0.984. The number of aliphatic hydroxyl groups is 1. The molecule has 0 aromatic heterocycles. The van der Waals surface area contributed by atoms with Gasteiger partial charge in [0.25, 0.3) is 8.32 Å². The minimum atomic E-state index is -2.58. The molecule has 0 radical (unpaired) electrons. The molecule has 0 spiro atoms. The number of rotatable bonds is 8. The van der Waals surface area contributed by atoms with Gasteiger partial charge in [0, 0.05) is 6.61 Å². The lowest BCUT2D eigenvalue weighted by molar-refractivity contribution is -0.170. The highest BCUT2D eigenvalue weighted by molar-refractivity contribution is 6.99. The highest BCUT2D eigenvalue weighted by atomic mass is 28.4. The zero-order valence-corrected chi connectivity index (χ0v) is 21.7. The summed E-state index contributed by atoms with van der Waals surface area (Å²) in [5, 5.41) is 13.7. The molecule has 1 N–H and O–H groups in total. The number of ether oxygens (including phenoxy) is 2. The zero-order chi connectivity index (χ0) is 23.6. The minimum absolute atomic E-state index is 0.0651. The molecule has 2 aromatic rings. The summed E-state index contributed by atoms with van der Waals surface area (Å²) in [7, 11) is -2.58. The highest BCUT2D eigenvalue weighted by Crippen LogP contribution is 2.38. The van der Waals surface area contributed by atoms with Gasteiger partial charge in [-0.1, -0.05) is 88.4 Å². The predicted molar refractivity (Wildman–Crippen MR) is 133 cm³/mol. The van der Waals surface area contributed by atoms with E-state index in [-0.39, 0.29) is 17.1 Å². The maximum Gasteiger partial charge on any atom is 0.261 e. The second-order valence-electron chi connectivity index (χ2n) is 11.0. The smallest absolute Gasteiger partial charge is 0.261 e. The highest BCUT2D eigenvalue weighted by Gasteiger charge is 2.50. The molecule has 0 bridgehead atoms. The van der Waals surface area contributed by atoms with Gasteiger partial charge in [-0.2, -0.15) is 0 Å². The van der Waals surface area contributed by atoms with E-state index in [2.05, 4.69) is 88.4 Å². The van der Waals surface area contributed by atoms with Gasteiger partial charge < -0.3 is 19.0 Å². The normalized spacial score (nSPS) is 21.8. The van der Waals surface area contributed by atoms with Crippen LogP contribution in [0.4, 0.5) is 0 Å². The molecule has 0 saturated carbocycles. The summed E-state index contributed by atoms with van der Waals surface area (Å²) >= 11 is 0. The minimum Gasteiger partial charge on any atom is -0.407 e. The van der Waals surface area contributed by atoms with Crippen molar-refractivity contribution in [2.24, 2.45) is 5.92 Å². The summed E-state index contributed by atoms with van der Waals surface area (Å²) in [6.45, 7) is 15.6. The van der Waals surface area contributed by atoms with Crippen molar-refractivity contribution < 1.29 is 19.0 Å². The summed E-state index contributed by atoms with van der Waals surface area (Å²) in [4.78, 5) is 0. The summed E-state index contributed by atoms with van der Waals surface area (Å²) in [6.07, 6.45) is 0.239. The van der Waals surface area contributed by atoms with Crippen LogP contribution in [0.15, 0.2) is 60.7 Å². The molecule has 5 heteroatoms. The molecule has 1 aliphatic rings. The van der Waals surface area contributed by atoms with Gasteiger partial charge >= 0.3 is 0 Å². The Morgan fingerprint density at radius 2 is 1.50 bits per heavy atom. The largest absolute Gasteiger partial charge is 0.407 e. The Hall–Kier alpha value is -1.50. The van der Waals surface area contributed by atoms with Crippen molar-refractivity contribution in [2.45, 2.75) is 77.4 Å². The van der Waals surface area contributed by atoms with E-state index in [9.17, 15) is 5.11 Å². The van der Waals surface area contributed by atoms with Gasteiger partial charge in [-0.05, 0) is 48.5 Å². The van der Waals surface area contributed by atoms with Crippen LogP contribution < -0.4 is 10.4 Å². The van der Waals surface area contributed by atoms with E-state index in [0.29, 0.717) is 19.6 Å². The Kier molecular flexibility index (Phi) is 7.38. The third-order valence-electron chi connectivity index (χ3n) is 6.46. The first-order chi connectivity index (χ1) is 14.9. The van der Waals surface area contributed by atoms with Crippen LogP contribution >= 0.6 is 0 Å². The van der Waals surface area contributed by atoms with Crippen LogP contribution in [0.2, 0.25) is 5.04 Å². The van der Waals surface area contributed by atoms with Crippen molar-refractivity contribution in [1.82, 2.24) is 0 Å². The van der Waals surface area contributed by atoms with Crippen molar-refractivity contribution in [2.75, 3.05) is 13.2 Å². The average Bonchev–Trinajstić information content (AvgIpc) is 3.09. The van der Waals surface area contributed by atoms with E-state index in [1.165, 1.54) is 10.4 Å². The fraction of sp³-hybridized carbons (Fsp3) is 0.556. The molecule has 0 aliphatic carbocycles. The molecule has 1 heterocycles. The van der Waals surface area contributed by atoms with Gasteiger partial charge in [0.05, 0.1) is 12.2 Å². The monoisotopic (exact) mass is 456 g/mol. The molecule has 2 aromatic carbocycles. The van der Waals surface area contributed by atoms with E-state index in [4.69, 9.17) is 13.9 Å². The Morgan fingerprint density at radius 3 is 1.91 bits per heavy atom. The Bertz CT molecular complexity index is 819. The lowest BCUT2D eigenvalue weighted by Gasteiger charge is -2.44. The van der Waals surface area contributed by atoms with Gasteiger partial charge in [0.2, 0.25) is 0 Å². The molecule has 176 valence electrons. The summed E-state index contributed by atoms with van der Waals surface area (Å²) in [6, 6.07) is 21.3. The third-order valence-corrected chi connectivity index (χ3v) is 11.5. The Morgan fingerprint density at radius 1 is 1.00 bits per heavy atom. The molecule has 3 atom stereocenters. The number of hydrogen-bond donors (Lipinski definition) is 1. The number of hydrogen-bond acceptors (Lipinski definition) is 4. The van der Waals surface area contributed by atoms with E-state index < -0.39 is 19.7 Å². The molecular weight excluding hydrogens is 416 g/mol. The Labute approximate surface area is 195 Å². The lowest BCUT2D eigenvalue weighted by Crippen LogP contribution is -2.67. The topological polar surface area (TPSA) is 47.9 Å². The second kappa shape index (κ2) is 9.39. The van der Waals surface area contributed by atoms with Crippen molar-refractivity contribution in [3.05, 3.63) is 60.7 Å². The molecule has 4 nitrogen and oxygen atoms in total. The Balaban J connectivity index is 1.85. The maximum atomic E-state index is 11.2. The van der Waals surface area contributed by atoms with Gasteiger partial charge in [-0.3, -0.25) is 0 Å². The van der Waals surface area contributed by atoms with Crippen molar-refractivity contribution in [3.63, 3.8) is 0 Å². The molecule has 1 fully saturated rings. The van der Waals surface area contributed by atoms with Crippen LogP contribution in [0.3, 0.4) is 0 Å². The van der Waals surface area contributed by atoms with Gasteiger partial charge in [-0.15, -0.1) is 0 Å². The van der Waals surface area contributed by atoms with Crippen LogP contribution in [-0.2, 0) is 13.9 Å². The maximum absolute atomic E-state index is 11.2. The SMILES string of the molecule is C[C@@H](CO[Si](c1ccccc1)(c1ccccc1)C(C)(C)C)C[C@@](C)(O)C1COC(C)(C)O1. The van der Waals surface area contributed by atoms with E-state index >= 15 is 0 Å². The van der Waals surface area contributed by atoms with E-state index in [0.717, 1.165) is 0 Å². The average molecular weight is 457 g/mol.